The molecule has 3 N–H and O–H groups in total. The first-order chi connectivity index (χ1) is 16.1. The molecule has 2 atom stereocenters. The Balaban J connectivity index is 1.54. The van der Waals surface area contributed by atoms with E-state index in [1.807, 2.05) is 32.9 Å². The summed E-state index contributed by atoms with van der Waals surface area (Å²) in [6.07, 6.45) is 9.59. The lowest BCUT2D eigenvalue weighted by Crippen LogP contribution is -2.41. The first-order valence-electron chi connectivity index (χ1n) is 11.7. The van der Waals surface area contributed by atoms with E-state index < -0.39 is 15.6 Å². The minimum atomic E-state index is -3.41. The molecule has 186 valence electrons. The van der Waals surface area contributed by atoms with Gasteiger partial charge in [-0.25, -0.2) is 13.1 Å². The summed E-state index contributed by atoms with van der Waals surface area (Å²) in [6, 6.07) is -0.199. The van der Waals surface area contributed by atoms with Crippen LogP contribution in [0.4, 0.5) is 0 Å². The fraction of sp³-hybridized carbons (Fsp3) is 0.583. The van der Waals surface area contributed by atoms with Crippen molar-refractivity contribution in [2.75, 3.05) is 19.5 Å². The van der Waals surface area contributed by atoms with E-state index >= 15 is 0 Å². The maximum absolute atomic E-state index is 12.4. The highest BCUT2D eigenvalue weighted by molar-refractivity contribution is 7.89. The zero-order valence-electron chi connectivity index (χ0n) is 20.3. The van der Waals surface area contributed by atoms with E-state index in [-0.39, 0.29) is 24.5 Å². The van der Waals surface area contributed by atoms with Crippen molar-refractivity contribution < 1.29 is 22.4 Å². The van der Waals surface area contributed by atoms with Gasteiger partial charge >= 0.3 is 0 Å². The number of allylic oxidation sites excluding steroid dienone is 5. The average Bonchev–Trinajstić information content (AvgIpc) is 3.41. The number of aromatic nitrogens is 2. The fourth-order valence-corrected chi connectivity index (χ4v) is 5.93. The molecule has 3 aliphatic rings. The van der Waals surface area contributed by atoms with Crippen molar-refractivity contribution in [1.29, 1.82) is 0 Å². The largest absolute Gasteiger partial charge is 0.493 e. The minimum Gasteiger partial charge on any atom is -0.493 e. The number of nitrogens with one attached hydrogen (secondary N) is 1. The molecule has 0 radical (unpaired) electrons. The van der Waals surface area contributed by atoms with Crippen molar-refractivity contribution in [2.24, 2.45) is 5.73 Å². The second-order valence-corrected chi connectivity index (χ2v) is 11.5. The molecule has 34 heavy (non-hydrogen) atoms. The molecular formula is C24H34N4O5S. The van der Waals surface area contributed by atoms with E-state index in [1.165, 1.54) is 7.11 Å². The number of hydrogen-bond donors (Lipinski definition) is 2. The monoisotopic (exact) mass is 490 g/mol. The average molecular weight is 491 g/mol. The summed E-state index contributed by atoms with van der Waals surface area (Å²) in [6.45, 7) is 6.04. The Morgan fingerprint density at radius 3 is 2.82 bits per heavy atom. The van der Waals surface area contributed by atoms with E-state index in [0.717, 1.165) is 53.7 Å². The van der Waals surface area contributed by atoms with Gasteiger partial charge in [0.2, 0.25) is 15.8 Å². The first-order valence-corrected chi connectivity index (χ1v) is 13.4. The van der Waals surface area contributed by atoms with Crippen molar-refractivity contribution >= 4 is 21.2 Å². The van der Waals surface area contributed by atoms with Crippen LogP contribution < -0.4 is 10.5 Å². The summed E-state index contributed by atoms with van der Waals surface area (Å²) >= 11 is 0. The molecule has 0 saturated heterocycles. The predicted molar refractivity (Wildman–Crippen MR) is 130 cm³/mol. The molecule has 0 saturated carbocycles. The van der Waals surface area contributed by atoms with Crippen LogP contribution in [0.15, 0.2) is 39.7 Å². The number of rotatable bonds is 9. The van der Waals surface area contributed by atoms with Crippen molar-refractivity contribution in [3.63, 3.8) is 0 Å². The highest BCUT2D eigenvalue weighted by atomic mass is 32.2. The fourth-order valence-electron chi connectivity index (χ4n) is 4.73. The summed E-state index contributed by atoms with van der Waals surface area (Å²) in [4.78, 5) is 4.68. The molecule has 1 heterocycles. The number of methoxy groups -OCH3 is 1. The Hall–Kier alpha value is -2.27. The van der Waals surface area contributed by atoms with Gasteiger partial charge in [0.25, 0.3) is 5.89 Å². The van der Waals surface area contributed by atoms with Gasteiger partial charge in [0, 0.05) is 30.7 Å². The van der Waals surface area contributed by atoms with Gasteiger partial charge in [0.15, 0.2) is 0 Å². The highest BCUT2D eigenvalue weighted by Crippen LogP contribution is 2.42. The lowest BCUT2D eigenvalue weighted by atomic mass is 9.87. The van der Waals surface area contributed by atoms with E-state index in [1.54, 1.807) is 0 Å². The highest BCUT2D eigenvalue weighted by Gasteiger charge is 2.35. The number of ether oxygens (including phenoxy) is 2. The molecule has 0 bridgehead atoms. The predicted octanol–water partition coefficient (Wildman–Crippen LogP) is 3.09. The van der Waals surface area contributed by atoms with Gasteiger partial charge in [-0.1, -0.05) is 17.3 Å². The van der Waals surface area contributed by atoms with Gasteiger partial charge in [-0.05, 0) is 63.7 Å². The SMILES string of the molecule is COCCS(=O)(=O)N[C@H]1CCC2=C1CCC=C2c1noc(C2=CC=C(OC(C)C)C(C)(N)C2)n1. The molecular weight excluding hydrogens is 456 g/mol. The Labute approximate surface area is 201 Å². The van der Waals surface area contributed by atoms with E-state index in [0.29, 0.717) is 18.1 Å². The molecule has 0 spiro atoms. The Morgan fingerprint density at radius 1 is 1.32 bits per heavy atom. The number of nitrogens with zero attached hydrogens (tertiary/aromatic N) is 2. The lowest BCUT2D eigenvalue weighted by molar-refractivity contribution is 0.114. The maximum Gasteiger partial charge on any atom is 0.254 e. The maximum atomic E-state index is 12.4. The van der Waals surface area contributed by atoms with Crippen LogP contribution in [0.25, 0.3) is 11.1 Å². The van der Waals surface area contributed by atoms with Gasteiger partial charge in [-0.3, -0.25) is 0 Å². The van der Waals surface area contributed by atoms with Gasteiger partial charge in [0.1, 0.15) is 5.76 Å². The van der Waals surface area contributed by atoms with Gasteiger partial charge < -0.3 is 19.7 Å². The van der Waals surface area contributed by atoms with Crippen molar-refractivity contribution in [1.82, 2.24) is 14.9 Å². The van der Waals surface area contributed by atoms with Gasteiger partial charge in [0.05, 0.1) is 24.0 Å². The zero-order valence-corrected chi connectivity index (χ0v) is 21.1. The van der Waals surface area contributed by atoms with Gasteiger partial charge in [-0.15, -0.1) is 0 Å². The lowest BCUT2D eigenvalue weighted by Gasteiger charge is -2.31. The van der Waals surface area contributed by atoms with Crippen LogP contribution in [0.5, 0.6) is 0 Å². The van der Waals surface area contributed by atoms with Crippen molar-refractivity contribution in [3.8, 4) is 0 Å². The molecule has 0 aromatic carbocycles. The topological polar surface area (TPSA) is 130 Å². The molecule has 3 aliphatic carbocycles. The standard InChI is InChI=1S/C24H34N4O5S/c1-15(2)32-21-11-8-16(14-24(21,3)25)23-26-22(27-33-23)19-7-5-6-18-17(19)9-10-20(18)28-34(29,30)13-12-31-4/h7-8,11,15,20,28H,5-6,9-10,12-14,25H2,1-4H3/t20-,24?/m0/s1. The third-order valence-corrected chi connectivity index (χ3v) is 7.67. The van der Waals surface area contributed by atoms with Crippen LogP contribution in [0.3, 0.4) is 0 Å². The smallest absolute Gasteiger partial charge is 0.254 e. The molecule has 1 unspecified atom stereocenters. The van der Waals surface area contributed by atoms with E-state index in [4.69, 9.17) is 19.7 Å². The second-order valence-electron chi connectivity index (χ2n) is 9.59. The summed E-state index contributed by atoms with van der Waals surface area (Å²) in [5.41, 5.74) is 9.87. The third-order valence-electron chi connectivity index (χ3n) is 6.32. The van der Waals surface area contributed by atoms with Crippen molar-refractivity contribution in [2.45, 2.75) is 70.6 Å². The Kier molecular flexibility index (Phi) is 7.14. The molecule has 0 aliphatic heterocycles. The van der Waals surface area contributed by atoms with Crippen LogP contribution >= 0.6 is 0 Å². The number of sulfonamides is 1. The first kappa shape index (κ1) is 24.8. The number of nitrogens with two attached hydrogens (primary N) is 1. The summed E-state index contributed by atoms with van der Waals surface area (Å²) in [5, 5.41) is 4.25. The van der Waals surface area contributed by atoms with Gasteiger partial charge in [-0.2, -0.15) is 4.98 Å². The Morgan fingerprint density at radius 2 is 2.12 bits per heavy atom. The Bertz CT molecular complexity index is 1160. The van der Waals surface area contributed by atoms with Crippen LogP contribution in [0.2, 0.25) is 0 Å². The second kappa shape index (κ2) is 9.77. The van der Waals surface area contributed by atoms with Crippen molar-refractivity contribution in [3.05, 3.63) is 46.8 Å². The van der Waals surface area contributed by atoms with E-state index in [2.05, 4.69) is 20.9 Å². The molecule has 9 nitrogen and oxygen atoms in total. The molecule has 0 fully saturated rings. The van der Waals surface area contributed by atoms with Crippen LogP contribution in [0.1, 0.15) is 64.6 Å². The molecule has 1 aromatic rings. The zero-order chi connectivity index (χ0) is 24.5. The van der Waals surface area contributed by atoms with Crippen LogP contribution in [0, 0.1) is 0 Å². The normalized spacial score (nSPS) is 25.2. The van der Waals surface area contributed by atoms with Crippen LogP contribution in [-0.4, -0.2) is 55.7 Å². The van der Waals surface area contributed by atoms with Crippen LogP contribution in [-0.2, 0) is 19.5 Å². The summed E-state index contributed by atoms with van der Waals surface area (Å²) in [5.74, 6) is 1.65. The molecule has 0 amide bonds. The molecule has 1 aromatic heterocycles. The molecule has 4 rings (SSSR count). The molecule has 10 heteroatoms. The minimum absolute atomic E-state index is 0.0412. The third kappa shape index (κ3) is 5.35. The summed E-state index contributed by atoms with van der Waals surface area (Å²) in [7, 11) is -1.91. The quantitative estimate of drug-likeness (QED) is 0.540. The summed E-state index contributed by atoms with van der Waals surface area (Å²) < 4.78 is 44.0. The number of hydrogen-bond acceptors (Lipinski definition) is 8. The van der Waals surface area contributed by atoms with E-state index in [9.17, 15) is 8.42 Å².